The predicted octanol–water partition coefficient (Wildman–Crippen LogP) is 4.35. The van der Waals surface area contributed by atoms with Crippen LogP contribution in [0, 0.1) is 0 Å². The standard InChI is InChI=1S/C22H28N4O5S/c1-21(2,3)31-20(28)26-22(4,5)11-24-17-15-13(32-18(17)19(27)30-7)9-8-12-16(15)23-10-14(25-12)29-6/h8-10,24H,11H2,1-7H3,(H,26,28). The van der Waals surface area contributed by atoms with Crippen LogP contribution >= 0.6 is 11.3 Å². The Hall–Kier alpha value is -3.14. The van der Waals surface area contributed by atoms with E-state index in [0.717, 1.165) is 10.1 Å². The first-order valence-electron chi connectivity index (χ1n) is 10.0. The number of anilines is 1. The minimum atomic E-state index is -0.677. The van der Waals surface area contributed by atoms with Crippen molar-refractivity contribution in [2.75, 3.05) is 26.1 Å². The monoisotopic (exact) mass is 460 g/mol. The van der Waals surface area contributed by atoms with Crippen LogP contribution in [0.3, 0.4) is 0 Å². The fourth-order valence-electron chi connectivity index (χ4n) is 3.09. The molecule has 0 spiro atoms. The van der Waals surface area contributed by atoms with E-state index in [0.29, 0.717) is 34.0 Å². The molecular formula is C22H28N4O5S. The Labute approximate surface area is 190 Å². The number of ether oxygens (including phenoxy) is 3. The lowest BCUT2D eigenvalue weighted by Gasteiger charge is -2.29. The summed E-state index contributed by atoms with van der Waals surface area (Å²) in [5, 5.41) is 6.94. The summed E-state index contributed by atoms with van der Waals surface area (Å²) in [5.41, 5.74) is 0.577. The maximum absolute atomic E-state index is 12.5. The molecular weight excluding hydrogens is 432 g/mol. The van der Waals surface area contributed by atoms with E-state index in [2.05, 4.69) is 20.6 Å². The van der Waals surface area contributed by atoms with Crippen molar-refractivity contribution in [2.24, 2.45) is 0 Å². The molecule has 0 aliphatic carbocycles. The SMILES string of the molecule is COC(=O)c1sc2ccc3nc(OC)cnc3c2c1NCC(C)(C)NC(=O)OC(C)(C)C. The Balaban J connectivity index is 1.99. The molecule has 9 nitrogen and oxygen atoms in total. The summed E-state index contributed by atoms with van der Waals surface area (Å²) in [4.78, 5) is 34.1. The van der Waals surface area contributed by atoms with Gasteiger partial charge < -0.3 is 24.8 Å². The zero-order valence-electron chi connectivity index (χ0n) is 19.3. The largest absolute Gasteiger partial charge is 0.480 e. The third-order valence-corrected chi connectivity index (χ3v) is 5.60. The van der Waals surface area contributed by atoms with Crippen LogP contribution in [-0.4, -0.2) is 53.9 Å². The normalized spacial score (nSPS) is 12.0. The molecule has 1 amide bonds. The van der Waals surface area contributed by atoms with Crippen LogP contribution in [0.5, 0.6) is 5.88 Å². The van der Waals surface area contributed by atoms with Gasteiger partial charge in [-0.3, -0.25) is 0 Å². The first-order valence-corrected chi connectivity index (χ1v) is 10.9. The second kappa shape index (κ2) is 8.78. The lowest BCUT2D eigenvalue weighted by Crippen LogP contribution is -2.50. The van der Waals surface area contributed by atoms with E-state index in [1.165, 1.54) is 31.8 Å². The van der Waals surface area contributed by atoms with Gasteiger partial charge >= 0.3 is 12.1 Å². The van der Waals surface area contributed by atoms with Crippen LogP contribution in [0.4, 0.5) is 10.5 Å². The number of carbonyl (C=O) groups excluding carboxylic acids is 2. The molecule has 0 bridgehead atoms. The van der Waals surface area contributed by atoms with Crippen LogP contribution in [-0.2, 0) is 9.47 Å². The molecule has 0 unspecified atom stereocenters. The van der Waals surface area contributed by atoms with E-state index in [1.807, 2.05) is 26.0 Å². The van der Waals surface area contributed by atoms with Crippen LogP contribution < -0.4 is 15.4 Å². The van der Waals surface area contributed by atoms with Crippen LogP contribution in [0.1, 0.15) is 44.3 Å². The smallest absolute Gasteiger partial charge is 0.408 e. The fraction of sp³-hybridized carbons (Fsp3) is 0.455. The highest BCUT2D eigenvalue weighted by molar-refractivity contribution is 7.21. The van der Waals surface area contributed by atoms with Gasteiger partial charge in [0.1, 0.15) is 10.5 Å². The van der Waals surface area contributed by atoms with E-state index in [1.54, 1.807) is 20.8 Å². The quantitative estimate of drug-likeness (QED) is 0.522. The van der Waals surface area contributed by atoms with Gasteiger partial charge in [0.05, 0.1) is 42.7 Å². The third-order valence-electron chi connectivity index (χ3n) is 4.47. The van der Waals surface area contributed by atoms with Crippen molar-refractivity contribution in [1.29, 1.82) is 0 Å². The fourth-order valence-corrected chi connectivity index (χ4v) is 4.19. The lowest BCUT2D eigenvalue weighted by molar-refractivity contribution is 0.0476. The van der Waals surface area contributed by atoms with Gasteiger partial charge in [0.2, 0.25) is 5.88 Å². The Morgan fingerprint density at radius 1 is 1.12 bits per heavy atom. The molecule has 0 atom stereocenters. The topological polar surface area (TPSA) is 112 Å². The molecule has 1 aromatic carbocycles. The lowest BCUT2D eigenvalue weighted by atomic mass is 10.1. The van der Waals surface area contributed by atoms with Gasteiger partial charge in [0, 0.05) is 16.6 Å². The highest BCUT2D eigenvalue weighted by Crippen LogP contribution is 2.40. The molecule has 2 N–H and O–H groups in total. The Bertz CT molecular complexity index is 1170. The number of esters is 1. The highest BCUT2D eigenvalue weighted by atomic mass is 32.1. The number of nitrogens with zero attached hydrogens (tertiary/aromatic N) is 2. The van der Waals surface area contributed by atoms with Gasteiger partial charge in [-0.25, -0.2) is 19.6 Å². The zero-order valence-corrected chi connectivity index (χ0v) is 20.1. The first-order chi connectivity index (χ1) is 14.9. The van der Waals surface area contributed by atoms with Crippen molar-refractivity contribution in [3.8, 4) is 5.88 Å². The summed E-state index contributed by atoms with van der Waals surface area (Å²) >= 11 is 1.31. The number of rotatable bonds is 6. The van der Waals surface area contributed by atoms with Gasteiger partial charge in [-0.1, -0.05) is 0 Å². The molecule has 0 fully saturated rings. The molecule has 0 saturated heterocycles. The number of fused-ring (bicyclic) bond motifs is 3. The summed E-state index contributed by atoms with van der Waals surface area (Å²) in [6.45, 7) is 9.46. The molecule has 10 heteroatoms. The highest BCUT2D eigenvalue weighted by Gasteiger charge is 2.27. The van der Waals surface area contributed by atoms with Gasteiger partial charge in [0.25, 0.3) is 0 Å². The second-order valence-corrected chi connectivity index (χ2v) is 9.93. The average Bonchev–Trinajstić information content (AvgIpc) is 3.08. The molecule has 2 heterocycles. The Morgan fingerprint density at radius 2 is 1.84 bits per heavy atom. The van der Waals surface area contributed by atoms with Gasteiger partial charge in [-0.05, 0) is 46.8 Å². The molecule has 0 aliphatic heterocycles. The summed E-state index contributed by atoms with van der Waals surface area (Å²) in [6.07, 6.45) is 1.02. The Morgan fingerprint density at radius 3 is 2.47 bits per heavy atom. The van der Waals surface area contributed by atoms with Gasteiger partial charge in [-0.15, -0.1) is 11.3 Å². The molecule has 3 rings (SSSR count). The number of thiophene rings is 1. The number of hydrogen-bond acceptors (Lipinski definition) is 9. The summed E-state index contributed by atoms with van der Waals surface area (Å²) in [6, 6.07) is 3.72. The summed E-state index contributed by atoms with van der Waals surface area (Å²) in [7, 11) is 2.87. The predicted molar refractivity (Wildman–Crippen MR) is 125 cm³/mol. The van der Waals surface area contributed by atoms with Crippen molar-refractivity contribution in [2.45, 2.75) is 45.8 Å². The minimum Gasteiger partial charge on any atom is -0.480 e. The van der Waals surface area contributed by atoms with E-state index < -0.39 is 23.2 Å². The maximum Gasteiger partial charge on any atom is 0.408 e. The molecule has 3 aromatic rings. The van der Waals surface area contributed by atoms with Crippen molar-refractivity contribution < 1.29 is 23.8 Å². The second-order valence-electron chi connectivity index (χ2n) is 8.88. The van der Waals surface area contributed by atoms with Crippen molar-refractivity contribution in [3.05, 3.63) is 23.2 Å². The zero-order chi connectivity index (χ0) is 23.7. The van der Waals surface area contributed by atoms with E-state index in [4.69, 9.17) is 14.2 Å². The average molecular weight is 461 g/mol. The molecule has 2 aromatic heterocycles. The van der Waals surface area contributed by atoms with Crippen molar-refractivity contribution >= 4 is 50.2 Å². The summed E-state index contributed by atoms with van der Waals surface area (Å²) < 4.78 is 16.4. The number of nitrogens with one attached hydrogen (secondary N) is 2. The number of hydrogen-bond donors (Lipinski definition) is 2. The van der Waals surface area contributed by atoms with Crippen molar-refractivity contribution in [3.63, 3.8) is 0 Å². The molecule has 0 radical (unpaired) electrons. The van der Waals surface area contributed by atoms with E-state index in [9.17, 15) is 9.59 Å². The van der Waals surface area contributed by atoms with Crippen LogP contribution in [0.2, 0.25) is 0 Å². The maximum atomic E-state index is 12.5. The Kier molecular flexibility index (Phi) is 6.45. The molecule has 32 heavy (non-hydrogen) atoms. The number of aromatic nitrogens is 2. The number of alkyl carbamates (subject to hydrolysis) is 1. The van der Waals surface area contributed by atoms with E-state index >= 15 is 0 Å². The van der Waals surface area contributed by atoms with Gasteiger partial charge in [-0.2, -0.15) is 0 Å². The van der Waals surface area contributed by atoms with Gasteiger partial charge in [0.15, 0.2) is 0 Å². The van der Waals surface area contributed by atoms with Crippen molar-refractivity contribution in [1.82, 2.24) is 15.3 Å². The molecule has 0 saturated carbocycles. The number of carbonyl (C=O) groups is 2. The molecule has 0 aliphatic rings. The number of methoxy groups -OCH3 is 2. The molecule has 172 valence electrons. The van der Waals surface area contributed by atoms with Crippen LogP contribution in [0.15, 0.2) is 18.3 Å². The first kappa shape index (κ1) is 23.5. The van der Waals surface area contributed by atoms with E-state index in [-0.39, 0.29) is 0 Å². The summed E-state index contributed by atoms with van der Waals surface area (Å²) in [5.74, 6) is -0.0568. The number of amides is 1. The van der Waals surface area contributed by atoms with Crippen LogP contribution in [0.25, 0.3) is 21.1 Å². The minimum absolute atomic E-state index is 0.321. The third kappa shape index (κ3) is 5.18. The number of benzene rings is 1.